The van der Waals surface area contributed by atoms with Gasteiger partial charge in [0, 0.05) is 36.5 Å². The van der Waals surface area contributed by atoms with E-state index in [0.29, 0.717) is 5.92 Å². The minimum Gasteiger partial charge on any atom is -0.368 e. The Hall–Kier alpha value is -1.84. The average Bonchev–Trinajstić information content (AvgIpc) is 3.21. The Kier molecular flexibility index (Phi) is 2.58. The van der Waals surface area contributed by atoms with Crippen molar-refractivity contribution in [3.8, 4) is 0 Å². The first-order chi connectivity index (χ1) is 8.70. The minimum absolute atomic E-state index is 0.193. The molecule has 0 atom stereocenters. The molecule has 0 aromatic heterocycles. The lowest BCUT2D eigenvalue weighted by Crippen LogP contribution is -2.26. The number of anilines is 1. The summed E-state index contributed by atoms with van der Waals surface area (Å²) in [6.45, 7) is 3.97. The molecule has 3 rings (SSSR count). The highest BCUT2D eigenvalue weighted by Crippen LogP contribution is 2.47. The lowest BCUT2D eigenvalue weighted by atomic mass is 9.95. The number of benzene rings is 1. The summed E-state index contributed by atoms with van der Waals surface area (Å²) in [5.41, 5.74) is 3.73. The predicted molar refractivity (Wildman–Crippen MR) is 71.7 cm³/mol. The van der Waals surface area contributed by atoms with Crippen molar-refractivity contribution in [3.05, 3.63) is 40.0 Å². The minimum atomic E-state index is -0.310. The van der Waals surface area contributed by atoms with Gasteiger partial charge in [0.2, 0.25) is 0 Å². The lowest BCUT2D eigenvalue weighted by molar-refractivity contribution is -0.384. The second kappa shape index (κ2) is 4.12. The summed E-state index contributed by atoms with van der Waals surface area (Å²) in [5, 5.41) is 10.9. The third-order valence-corrected chi connectivity index (χ3v) is 3.77. The Balaban J connectivity index is 2.09. The van der Waals surface area contributed by atoms with E-state index in [9.17, 15) is 10.1 Å². The van der Waals surface area contributed by atoms with Gasteiger partial charge in [0.15, 0.2) is 0 Å². The Morgan fingerprint density at radius 2 is 2.22 bits per heavy atom. The summed E-state index contributed by atoms with van der Waals surface area (Å²) in [4.78, 5) is 12.8. The second-order valence-corrected chi connectivity index (χ2v) is 4.93. The van der Waals surface area contributed by atoms with Crippen LogP contribution in [0.5, 0.6) is 0 Å². The van der Waals surface area contributed by atoms with Gasteiger partial charge in [-0.05, 0) is 37.3 Å². The Morgan fingerprint density at radius 3 is 2.83 bits per heavy atom. The molecule has 1 heterocycles. The zero-order valence-corrected chi connectivity index (χ0v) is 10.4. The van der Waals surface area contributed by atoms with E-state index in [1.54, 1.807) is 12.1 Å². The number of nitro benzene ring substituents is 1. The maximum atomic E-state index is 10.9. The summed E-state index contributed by atoms with van der Waals surface area (Å²) in [6.07, 6.45) is 4.69. The first-order valence-corrected chi connectivity index (χ1v) is 6.44. The van der Waals surface area contributed by atoms with Crippen LogP contribution in [0.1, 0.15) is 25.3 Å². The molecule has 1 aromatic rings. The molecule has 1 aliphatic heterocycles. The molecule has 4 heteroatoms. The molecule has 4 nitrogen and oxygen atoms in total. The molecule has 0 saturated heterocycles. The fraction of sp³-hybridized carbons (Fsp3) is 0.429. The molecule has 18 heavy (non-hydrogen) atoms. The van der Waals surface area contributed by atoms with Gasteiger partial charge in [-0.15, -0.1) is 0 Å². The molecule has 94 valence electrons. The van der Waals surface area contributed by atoms with Crippen LogP contribution in [0.3, 0.4) is 0 Å². The largest absolute Gasteiger partial charge is 0.368 e. The van der Waals surface area contributed by atoms with E-state index in [-0.39, 0.29) is 10.6 Å². The van der Waals surface area contributed by atoms with Gasteiger partial charge >= 0.3 is 0 Å². The van der Waals surface area contributed by atoms with Crippen molar-refractivity contribution >= 4 is 16.9 Å². The number of hydrogen-bond acceptors (Lipinski definition) is 3. The van der Waals surface area contributed by atoms with Crippen molar-refractivity contribution in [2.45, 2.75) is 19.8 Å². The smallest absolute Gasteiger partial charge is 0.270 e. The van der Waals surface area contributed by atoms with E-state index in [1.807, 2.05) is 6.07 Å². The molecule has 0 bridgehead atoms. The van der Waals surface area contributed by atoms with Crippen LogP contribution in [0.15, 0.2) is 24.3 Å². The summed E-state index contributed by atoms with van der Waals surface area (Å²) >= 11 is 0. The molecule has 1 fully saturated rings. The highest BCUT2D eigenvalue weighted by molar-refractivity contribution is 5.83. The van der Waals surface area contributed by atoms with Gasteiger partial charge in [-0.3, -0.25) is 10.1 Å². The summed E-state index contributed by atoms with van der Waals surface area (Å²) < 4.78 is 0. The molecule has 2 aliphatic rings. The van der Waals surface area contributed by atoms with Gasteiger partial charge in [0.05, 0.1) is 4.92 Å². The average molecular weight is 244 g/mol. The molecule has 1 saturated carbocycles. The predicted octanol–water partition coefficient (Wildman–Crippen LogP) is 3.23. The number of nitrogens with zero attached hydrogens (tertiary/aromatic N) is 2. The molecule has 0 amide bonds. The van der Waals surface area contributed by atoms with Gasteiger partial charge in [-0.25, -0.2) is 0 Å². The second-order valence-electron chi connectivity index (χ2n) is 4.93. The van der Waals surface area contributed by atoms with Gasteiger partial charge in [0.25, 0.3) is 5.69 Å². The molecule has 0 spiro atoms. The quantitative estimate of drug-likeness (QED) is 0.605. The molecule has 0 radical (unpaired) electrons. The third-order valence-electron chi connectivity index (χ3n) is 3.77. The van der Waals surface area contributed by atoms with Gasteiger partial charge < -0.3 is 4.90 Å². The number of fused-ring (bicyclic) bond motifs is 1. The van der Waals surface area contributed by atoms with Gasteiger partial charge in [-0.1, -0.05) is 6.08 Å². The molecule has 0 N–H and O–H groups in total. The maximum absolute atomic E-state index is 10.9. The summed E-state index contributed by atoms with van der Waals surface area (Å²) in [6, 6.07) is 5.24. The van der Waals surface area contributed by atoms with Crippen LogP contribution in [-0.2, 0) is 0 Å². The van der Waals surface area contributed by atoms with Crippen LogP contribution in [0, 0.1) is 16.0 Å². The summed E-state index contributed by atoms with van der Waals surface area (Å²) in [5.74, 6) is 0.629. The summed E-state index contributed by atoms with van der Waals surface area (Å²) in [7, 11) is 0. The highest BCUT2D eigenvalue weighted by Gasteiger charge is 2.31. The zero-order chi connectivity index (χ0) is 12.7. The van der Waals surface area contributed by atoms with E-state index in [4.69, 9.17) is 0 Å². The lowest BCUT2D eigenvalue weighted by Gasteiger charge is -2.29. The van der Waals surface area contributed by atoms with E-state index in [1.165, 1.54) is 18.4 Å². The van der Waals surface area contributed by atoms with Crippen LogP contribution in [0.2, 0.25) is 0 Å². The van der Waals surface area contributed by atoms with Crippen molar-refractivity contribution in [2.75, 3.05) is 18.0 Å². The first-order valence-electron chi connectivity index (χ1n) is 6.44. The standard InChI is InChI=1S/C14H16N2O2/c1-2-15-8-7-12(10-3-4-10)13-9-11(16(17)18)5-6-14(13)15/h5-7,9-10H,2-4,8H2,1H3. The fourth-order valence-corrected chi connectivity index (χ4v) is 2.64. The topological polar surface area (TPSA) is 46.4 Å². The molecule has 1 aromatic carbocycles. The van der Waals surface area contributed by atoms with Crippen LogP contribution < -0.4 is 4.90 Å². The molecule has 1 aliphatic carbocycles. The van der Waals surface area contributed by atoms with E-state index in [2.05, 4.69) is 17.9 Å². The van der Waals surface area contributed by atoms with Crippen molar-refractivity contribution < 1.29 is 4.92 Å². The van der Waals surface area contributed by atoms with Crippen molar-refractivity contribution in [1.82, 2.24) is 0 Å². The van der Waals surface area contributed by atoms with E-state index < -0.39 is 0 Å². The normalized spacial score (nSPS) is 18.3. The SMILES string of the molecule is CCN1CC=C(C2CC2)c2cc([N+](=O)[O-])ccc21. The zero-order valence-electron chi connectivity index (χ0n) is 10.4. The number of hydrogen-bond donors (Lipinski definition) is 0. The van der Waals surface area contributed by atoms with E-state index >= 15 is 0 Å². The van der Waals surface area contributed by atoms with Crippen molar-refractivity contribution in [3.63, 3.8) is 0 Å². The van der Waals surface area contributed by atoms with Crippen molar-refractivity contribution in [1.29, 1.82) is 0 Å². The Labute approximate surface area is 106 Å². The Morgan fingerprint density at radius 1 is 1.44 bits per heavy atom. The van der Waals surface area contributed by atoms with Gasteiger partial charge in [0.1, 0.15) is 0 Å². The third kappa shape index (κ3) is 1.78. The number of nitro groups is 1. The van der Waals surface area contributed by atoms with Crippen molar-refractivity contribution in [2.24, 2.45) is 5.92 Å². The monoisotopic (exact) mass is 244 g/mol. The number of non-ortho nitro benzene ring substituents is 1. The van der Waals surface area contributed by atoms with Gasteiger partial charge in [-0.2, -0.15) is 0 Å². The highest BCUT2D eigenvalue weighted by atomic mass is 16.6. The maximum Gasteiger partial charge on any atom is 0.270 e. The number of allylic oxidation sites excluding steroid dienone is 1. The van der Waals surface area contributed by atoms with E-state index in [0.717, 1.165) is 24.3 Å². The first kappa shape index (κ1) is 11.3. The van der Waals surface area contributed by atoms with Crippen LogP contribution >= 0.6 is 0 Å². The number of likely N-dealkylation sites (N-methyl/N-ethyl adjacent to an activating group) is 1. The molecular weight excluding hydrogens is 228 g/mol. The Bertz CT molecular complexity index is 533. The van der Waals surface area contributed by atoms with Crippen LogP contribution in [-0.4, -0.2) is 18.0 Å². The molecular formula is C14H16N2O2. The number of rotatable bonds is 3. The van der Waals surface area contributed by atoms with Crippen LogP contribution in [0.25, 0.3) is 5.57 Å². The molecule has 0 unspecified atom stereocenters. The fourth-order valence-electron chi connectivity index (χ4n) is 2.64. The van der Waals surface area contributed by atoms with Crippen LogP contribution in [0.4, 0.5) is 11.4 Å².